The summed E-state index contributed by atoms with van der Waals surface area (Å²) in [6.45, 7) is -0.628. The van der Waals surface area contributed by atoms with Crippen molar-refractivity contribution in [1.82, 2.24) is 4.31 Å². The molecule has 0 aliphatic heterocycles. The van der Waals surface area contributed by atoms with Crippen LogP contribution in [0.3, 0.4) is 0 Å². The molecule has 0 saturated carbocycles. The van der Waals surface area contributed by atoms with Gasteiger partial charge in [-0.2, -0.15) is 0 Å². The Kier molecular flexibility index (Phi) is 7.86. The van der Waals surface area contributed by atoms with Crippen LogP contribution in [0.25, 0.3) is 6.08 Å². The third kappa shape index (κ3) is 6.60. The van der Waals surface area contributed by atoms with Crippen molar-refractivity contribution in [1.29, 1.82) is 0 Å². The standard InChI is InChI=1S/C19H18ClN3O7S/c1-22(2)31(28,29)17-11-14(7-8-16(17)20)21-18(24)12-30-19(25)9-6-13-4-3-5-15(10-13)23(26)27/h3-11H,12H2,1-2H3,(H,21,24)/b9-6+. The van der Waals surface area contributed by atoms with E-state index >= 15 is 0 Å². The van der Waals surface area contributed by atoms with Crippen LogP contribution in [0.2, 0.25) is 5.02 Å². The summed E-state index contributed by atoms with van der Waals surface area (Å²) < 4.78 is 30.3. The summed E-state index contributed by atoms with van der Waals surface area (Å²) in [6, 6.07) is 9.53. The van der Waals surface area contributed by atoms with Gasteiger partial charge in [0.05, 0.1) is 9.95 Å². The Morgan fingerprint density at radius 2 is 1.94 bits per heavy atom. The molecule has 2 aromatic carbocycles. The molecule has 164 valence electrons. The lowest BCUT2D eigenvalue weighted by molar-refractivity contribution is -0.384. The molecule has 2 rings (SSSR count). The molecular formula is C19H18ClN3O7S. The fourth-order valence-electron chi connectivity index (χ4n) is 2.26. The van der Waals surface area contributed by atoms with Crippen molar-refractivity contribution in [3.8, 4) is 0 Å². The van der Waals surface area contributed by atoms with E-state index in [2.05, 4.69) is 5.32 Å². The number of sulfonamides is 1. The Balaban J connectivity index is 1.97. The van der Waals surface area contributed by atoms with Gasteiger partial charge in [-0.3, -0.25) is 14.9 Å². The van der Waals surface area contributed by atoms with Crippen LogP contribution in [-0.2, 0) is 24.3 Å². The summed E-state index contributed by atoms with van der Waals surface area (Å²) >= 11 is 5.94. The van der Waals surface area contributed by atoms with Crippen LogP contribution in [0.5, 0.6) is 0 Å². The van der Waals surface area contributed by atoms with Crippen LogP contribution in [0.4, 0.5) is 11.4 Å². The third-order valence-corrected chi connectivity index (χ3v) is 6.11. The van der Waals surface area contributed by atoms with Gasteiger partial charge in [-0.25, -0.2) is 17.5 Å². The number of ether oxygens (including phenoxy) is 1. The van der Waals surface area contributed by atoms with E-state index in [-0.39, 0.29) is 21.3 Å². The highest BCUT2D eigenvalue weighted by Gasteiger charge is 2.21. The summed E-state index contributed by atoms with van der Waals surface area (Å²) in [7, 11) is -1.13. The maximum Gasteiger partial charge on any atom is 0.331 e. The van der Waals surface area contributed by atoms with Gasteiger partial charge >= 0.3 is 5.97 Å². The molecule has 0 spiro atoms. The third-order valence-electron chi connectivity index (χ3n) is 3.81. The molecule has 1 N–H and O–H groups in total. The summed E-state index contributed by atoms with van der Waals surface area (Å²) in [4.78, 5) is 33.8. The van der Waals surface area contributed by atoms with E-state index in [4.69, 9.17) is 16.3 Å². The minimum atomic E-state index is -3.82. The van der Waals surface area contributed by atoms with Gasteiger partial charge in [-0.1, -0.05) is 23.7 Å². The van der Waals surface area contributed by atoms with Crippen molar-refractivity contribution in [2.45, 2.75) is 4.90 Å². The highest BCUT2D eigenvalue weighted by Crippen LogP contribution is 2.26. The number of non-ortho nitro benzene ring substituents is 1. The second-order valence-corrected chi connectivity index (χ2v) is 8.80. The highest BCUT2D eigenvalue weighted by molar-refractivity contribution is 7.89. The second kappa shape index (κ2) is 10.2. The summed E-state index contributed by atoms with van der Waals surface area (Å²) in [5.74, 6) is -1.54. The summed E-state index contributed by atoms with van der Waals surface area (Å²) in [6.07, 6.45) is 2.33. The van der Waals surface area contributed by atoms with Crippen LogP contribution >= 0.6 is 11.6 Å². The number of carbonyl (C=O) groups is 2. The number of hydrogen-bond donors (Lipinski definition) is 1. The zero-order chi connectivity index (χ0) is 23.2. The smallest absolute Gasteiger partial charge is 0.331 e. The van der Waals surface area contributed by atoms with Gasteiger partial charge in [0.2, 0.25) is 10.0 Å². The number of esters is 1. The Bertz CT molecular complexity index is 1150. The molecule has 10 nitrogen and oxygen atoms in total. The minimum Gasteiger partial charge on any atom is -0.452 e. The van der Waals surface area contributed by atoms with Crippen molar-refractivity contribution in [2.24, 2.45) is 0 Å². The largest absolute Gasteiger partial charge is 0.452 e. The number of rotatable bonds is 8. The lowest BCUT2D eigenvalue weighted by atomic mass is 10.2. The first-order valence-electron chi connectivity index (χ1n) is 8.62. The van der Waals surface area contributed by atoms with E-state index < -0.39 is 33.4 Å². The molecule has 1 amide bonds. The molecule has 0 aromatic heterocycles. The molecule has 0 saturated heterocycles. The van der Waals surface area contributed by atoms with Gasteiger partial charge in [-0.15, -0.1) is 0 Å². The summed E-state index contributed by atoms with van der Waals surface area (Å²) in [5.41, 5.74) is 0.429. The van der Waals surface area contributed by atoms with Gasteiger partial charge in [0.15, 0.2) is 6.61 Å². The Hall–Kier alpha value is -3.28. The van der Waals surface area contributed by atoms with Gasteiger partial charge < -0.3 is 10.1 Å². The molecule has 31 heavy (non-hydrogen) atoms. The molecule has 0 bridgehead atoms. The quantitative estimate of drug-likeness (QED) is 0.273. The molecule has 0 heterocycles. The lowest BCUT2D eigenvalue weighted by Crippen LogP contribution is -2.23. The predicted octanol–water partition coefficient (Wildman–Crippen LogP) is 2.69. The van der Waals surface area contributed by atoms with E-state index in [0.717, 1.165) is 10.4 Å². The fraction of sp³-hybridized carbons (Fsp3) is 0.158. The number of nitro groups is 1. The van der Waals surface area contributed by atoms with Crippen LogP contribution in [-0.4, -0.2) is 50.2 Å². The van der Waals surface area contributed by atoms with Gasteiger partial charge in [0.25, 0.3) is 11.6 Å². The van der Waals surface area contributed by atoms with Gasteiger partial charge in [-0.05, 0) is 29.8 Å². The Morgan fingerprint density at radius 3 is 2.58 bits per heavy atom. The highest BCUT2D eigenvalue weighted by atomic mass is 35.5. The monoisotopic (exact) mass is 467 g/mol. The number of anilines is 1. The SMILES string of the molecule is CN(C)S(=O)(=O)c1cc(NC(=O)COC(=O)/C=C/c2cccc([N+](=O)[O-])c2)ccc1Cl. The van der Waals surface area contributed by atoms with Crippen LogP contribution in [0, 0.1) is 10.1 Å². The van der Waals surface area contributed by atoms with Crippen molar-refractivity contribution in [3.05, 3.63) is 69.2 Å². The maximum atomic E-state index is 12.3. The summed E-state index contributed by atoms with van der Waals surface area (Å²) in [5, 5.41) is 13.2. The molecule has 0 atom stereocenters. The number of nitrogens with zero attached hydrogens (tertiary/aromatic N) is 2. The van der Waals surface area contributed by atoms with Crippen molar-refractivity contribution >= 4 is 51.0 Å². The Morgan fingerprint density at radius 1 is 1.23 bits per heavy atom. The first-order chi connectivity index (χ1) is 14.5. The molecule has 0 aliphatic rings. The number of benzene rings is 2. The number of amides is 1. The van der Waals surface area contributed by atoms with Crippen molar-refractivity contribution in [3.63, 3.8) is 0 Å². The van der Waals surface area contributed by atoms with E-state index in [1.807, 2.05) is 0 Å². The average Bonchev–Trinajstić information content (AvgIpc) is 2.72. The zero-order valence-corrected chi connectivity index (χ0v) is 18.0. The normalized spacial score (nSPS) is 11.5. The molecule has 0 fully saturated rings. The van der Waals surface area contributed by atoms with Gasteiger partial charge in [0.1, 0.15) is 4.90 Å². The predicted molar refractivity (Wildman–Crippen MR) is 114 cm³/mol. The van der Waals surface area contributed by atoms with E-state index in [9.17, 15) is 28.1 Å². The van der Waals surface area contributed by atoms with Crippen LogP contribution in [0.15, 0.2) is 53.4 Å². The number of halogens is 1. The van der Waals surface area contributed by atoms with E-state index in [1.165, 1.54) is 56.6 Å². The zero-order valence-electron chi connectivity index (χ0n) is 16.4. The van der Waals surface area contributed by atoms with Crippen molar-refractivity contribution < 1.29 is 27.7 Å². The molecule has 0 radical (unpaired) electrons. The van der Waals surface area contributed by atoms with Gasteiger partial charge in [0, 0.05) is 38.0 Å². The van der Waals surface area contributed by atoms with E-state index in [1.54, 1.807) is 6.07 Å². The minimum absolute atomic E-state index is 0.00980. The second-order valence-electron chi connectivity index (χ2n) is 6.27. The number of hydrogen-bond acceptors (Lipinski definition) is 7. The molecule has 0 unspecified atom stereocenters. The average molecular weight is 468 g/mol. The molecule has 12 heteroatoms. The van der Waals surface area contributed by atoms with Crippen LogP contribution in [0.1, 0.15) is 5.56 Å². The maximum absolute atomic E-state index is 12.3. The topological polar surface area (TPSA) is 136 Å². The van der Waals surface area contributed by atoms with Crippen LogP contribution < -0.4 is 5.32 Å². The lowest BCUT2D eigenvalue weighted by Gasteiger charge is -2.14. The molecular weight excluding hydrogens is 450 g/mol. The first kappa shape index (κ1) is 24.0. The number of nitrogens with one attached hydrogen (secondary N) is 1. The number of nitro benzene ring substituents is 1. The van der Waals surface area contributed by atoms with Crippen molar-refractivity contribution in [2.75, 3.05) is 26.0 Å². The Labute approximate surface area is 183 Å². The first-order valence-corrected chi connectivity index (χ1v) is 10.4. The molecule has 0 aliphatic carbocycles. The fourth-order valence-corrected chi connectivity index (χ4v) is 3.66. The molecule has 2 aromatic rings. The number of carbonyl (C=O) groups excluding carboxylic acids is 2. The van der Waals surface area contributed by atoms with E-state index in [0.29, 0.717) is 5.56 Å².